The summed E-state index contributed by atoms with van der Waals surface area (Å²) < 4.78 is 26.1. The third kappa shape index (κ3) is 8.68. The normalized spacial score (nSPS) is 12.2. The third-order valence-corrected chi connectivity index (χ3v) is 7.47. The number of hydrogen-bond donors (Lipinski definition) is 1. The molecule has 2 rings (SSSR count). The Bertz CT molecular complexity index is 1140. The van der Waals surface area contributed by atoms with Crippen molar-refractivity contribution in [3.05, 3.63) is 63.6 Å². The molecule has 0 spiro atoms. The number of halogens is 2. The maximum Gasteiger partial charge on any atom is 0.242 e. The largest absolute Gasteiger partial charge is 0.354 e. The SMILES string of the molecule is CCCNC(=O)[C@@H](CC)N(Cc1ccc(C)cc1)C(=O)CCCN(c1cc(Cl)ccc1Cl)S(C)(=O)=O. The van der Waals surface area contributed by atoms with E-state index in [-0.39, 0.29) is 48.5 Å². The van der Waals surface area contributed by atoms with E-state index in [0.717, 1.165) is 28.1 Å². The van der Waals surface area contributed by atoms with Crippen molar-refractivity contribution in [2.75, 3.05) is 23.7 Å². The fraction of sp³-hybridized carbons (Fsp3) is 0.462. The van der Waals surface area contributed by atoms with Gasteiger partial charge in [0.15, 0.2) is 0 Å². The number of sulfonamides is 1. The van der Waals surface area contributed by atoms with Gasteiger partial charge in [-0.2, -0.15) is 0 Å². The smallest absolute Gasteiger partial charge is 0.242 e. The molecule has 0 saturated carbocycles. The van der Waals surface area contributed by atoms with E-state index in [1.54, 1.807) is 11.0 Å². The average molecular weight is 557 g/mol. The Kier molecular flexibility index (Phi) is 11.5. The van der Waals surface area contributed by atoms with Gasteiger partial charge in [-0.3, -0.25) is 13.9 Å². The van der Waals surface area contributed by atoms with Crippen LogP contribution in [0.5, 0.6) is 0 Å². The molecule has 0 saturated heterocycles. The predicted octanol–water partition coefficient (Wildman–Crippen LogP) is 5.18. The number of benzene rings is 2. The molecule has 7 nitrogen and oxygen atoms in total. The Morgan fingerprint density at radius 1 is 1.06 bits per heavy atom. The molecule has 36 heavy (non-hydrogen) atoms. The van der Waals surface area contributed by atoms with Gasteiger partial charge in [-0.1, -0.05) is 66.9 Å². The first-order valence-electron chi connectivity index (χ1n) is 12.0. The van der Waals surface area contributed by atoms with Crippen LogP contribution < -0.4 is 9.62 Å². The Morgan fingerprint density at radius 2 is 1.72 bits per heavy atom. The summed E-state index contributed by atoms with van der Waals surface area (Å²) in [5.74, 6) is -0.414. The Labute approximate surface area is 224 Å². The van der Waals surface area contributed by atoms with Crippen molar-refractivity contribution in [2.24, 2.45) is 0 Å². The van der Waals surface area contributed by atoms with E-state index in [2.05, 4.69) is 5.32 Å². The summed E-state index contributed by atoms with van der Waals surface area (Å²) in [6.45, 7) is 6.69. The molecule has 0 radical (unpaired) electrons. The van der Waals surface area contributed by atoms with Gasteiger partial charge in [0.05, 0.1) is 17.0 Å². The number of anilines is 1. The lowest BCUT2D eigenvalue weighted by Gasteiger charge is -2.31. The molecule has 2 aromatic rings. The van der Waals surface area contributed by atoms with Crippen molar-refractivity contribution < 1.29 is 18.0 Å². The second kappa shape index (κ2) is 13.9. The van der Waals surface area contributed by atoms with Gasteiger partial charge in [-0.25, -0.2) is 8.42 Å². The van der Waals surface area contributed by atoms with E-state index in [0.29, 0.717) is 18.0 Å². The highest BCUT2D eigenvalue weighted by molar-refractivity contribution is 7.92. The van der Waals surface area contributed by atoms with Crippen molar-refractivity contribution in [2.45, 2.75) is 59.0 Å². The van der Waals surface area contributed by atoms with E-state index >= 15 is 0 Å². The summed E-state index contributed by atoms with van der Waals surface area (Å²) in [4.78, 5) is 27.9. The maximum atomic E-state index is 13.4. The first-order valence-corrected chi connectivity index (χ1v) is 14.6. The van der Waals surface area contributed by atoms with Gasteiger partial charge < -0.3 is 10.2 Å². The van der Waals surface area contributed by atoms with Crippen molar-refractivity contribution in [3.8, 4) is 0 Å². The molecular weight excluding hydrogens is 521 g/mol. The van der Waals surface area contributed by atoms with Crippen LogP contribution in [0.1, 0.15) is 50.7 Å². The molecule has 0 heterocycles. The van der Waals surface area contributed by atoms with Crippen LogP contribution in [0.4, 0.5) is 5.69 Å². The molecule has 1 atom stereocenters. The second-order valence-electron chi connectivity index (χ2n) is 8.76. The molecule has 0 aliphatic heterocycles. The van der Waals surface area contributed by atoms with Crippen LogP contribution in [0.3, 0.4) is 0 Å². The molecule has 0 bridgehead atoms. The second-order valence-corrected chi connectivity index (χ2v) is 11.5. The first-order chi connectivity index (χ1) is 17.0. The number of carbonyl (C=O) groups excluding carboxylic acids is 2. The van der Waals surface area contributed by atoms with Crippen LogP contribution in [0.25, 0.3) is 0 Å². The molecule has 10 heteroatoms. The quantitative estimate of drug-likeness (QED) is 0.368. The predicted molar refractivity (Wildman–Crippen MR) is 147 cm³/mol. The fourth-order valence-electron chi connectivity index (χ4n) is 3.84. The van der Waals surface area contributed by atoms with E-state index in [1.807, 2.05) is 45.0 Å². The summed E-state index contributed by atoms with van der Waals surface area (Å²) >= 11 is 12.3. The fourth-order valence-corrected chi connectivity index (χ4v) is 5.24. The van der Waals surface area contributed by atoms with Crippen molar-refractivity contribution in [3.63, 3.8) is 0 Å². The molecule has 2 amide bonds. The lowest BCUT2D eigenvalue weighted by molar-refractivity contribution is -0.141. The van der Waals surface area contributed by atoms with Crippen LogP contribution in [0.2, 0.25) is 10.0 Å². The topological polar surface area (TPSA) is 86.8 Å². The zero-order valence-electron chi connectivity index (χ0n) is 21.3. The molecule has 0 aliphatic carbocycles. The summed E-state index contributed by atoms with van der Waals surface area (Å²) in [6, 6.07) is 11.8. The highest BCUT2D eigenvalue weighted by Crippen LogP contribution is 2.31. The van der Waals surface area contributed by atoms with E-state index in [1.165, 1.54) is 12.1 Å². The zero-order valence-corrected chi connectivity index (χ0v) is 23.6. The maximum absolute atomic E-state index is 13.4. The first kappa shape index (κ1) is 29.9. The van der Waals surface area contributed by atoms with E-state index in [4.69, 9.17) is 23.2 Å². The van der Waals surface area contributed by atoms with Gasteiger partial charge in [0.25, 0.3) is 0 Å². The molecular formula is C26H35Cl2N3O4S. The minimum atomic E-state index is -3.67. The van der Waals surface area contributed by atoms with Gasteiger partial charge in [0.1, 0.15) is 6.04 Å². The van der Waals surface area contributed by atoms with Crippen LogP contribution in [-0.4, -0.2) is 50.5 Å². The van der Waals surface area contributed by atoms with Gasteiger partial charge >= 0.3 is 0 Å². The summed E-state index contributed by atoms with van der Waals surface area (Å²) in [5, 5.41) is 3.49. The standard InChI is InChI=1S/C26H35Cl2N3O4S/c1-5-15-29-26(33)23(6-2)30(18-20-11-9-19(3)10-12-20)25(32)8-7-16-31(36(4,34)35)24-17-21(27)13-14-22(24)28/h9-14,17,23H,5-8,15-16,18H2,1-4H3,(H,29,33)/t23-/m1/s1. The number of rotatable bonds is 13. The molecule has 198 valence electrons. The minimum Gasteiger partial charge on any atom is -0.354 e. The Hall–Kier alpha value is -2.29. The Balaban J connectivity index is 2.23. The average Bonchev–Trinajstić information content (AvgIpc) is 2.82. The number of nitrogens with one attached hydrogen (secondary N) is 1. The molecule has 2 aromatic carbocycles. The summed E-state index contributed by atoms with van der Waals surface area (Å²) in [7, 11) is -3.67. The third-order valence-electron chi connectivity index (χ3n) is 5.74. The van der Waals surface area contributed by atoms with Crippen molar-refractivity contribution in [1.29, 1.82) is 0 Å². The van der Waals surface area contributed by atoms with Crippen molar-refractivity contribution in [1.82, 2.24) is 10.2 Å². The molecule has 0 aliphatic rings. The van der Waals surface area contributed by atoms with E-state index < -0.39 is 16.1 Å². The van der Waals surface area contributed by atoms with E-state index in [9.17, 15) is 18.0 Å². The molecule has 0 fully saturated rings. The monoisotopic (exact) mass is 555 g/mol. The highest BCUT2D eigenvalue weighted by atomic mass is 35.5. The highest BCUT2D eigenvalue weighted by Gasteiger charge is 2.29. The minimum absolute atomic E-state index is 0.0435. The molecule has 0 unspecified atom stereocenters. The van der Waals surface area contributed by atoms with Gasteiger partial charge in [-0.15, -0.1) is 0 Å². The van der Waals surface area contributed by atoms with Gasteiger partial charge in [-0.05, 0) is 49.9 Å². The number of nitrogens with zero attached hydrogens (tertiary/aromatic N) is 2. The number of amides is 2. The van der Waals surface area contributed by atoms with Gasteiger partial charge in [0, 0.05) is 31.1 Å². The zero-order chi connectivity index (χ0) is 26.9. The summed E-state index contributed by atoms with van der Waals surface area (Å²) in [5.41, 5.74) is 2.28. The van der Waals surface area contributed by atoms with Crippen LogP contribution in [-0.2, 0) is 26.2 Å². The number of hydrogen-bond acceptors (Lipinski definition) is 4. The Morgan fingerprint density at radius 3 is 2.31 bits per heavy atom. The summed E-state index contributed by atoms with van der Waals surface area (Å²) in [6.07, 6.45) is 2.64. The molecule has 1 N–H and O–H groups in total. The van der Waals surface area contributed by atoms with Gasteiger partial charge in [0.2, 0.25) is 21.8 Å². The lowest BCUT2D eigenvalue weighted by Crippen LogP contribution is -2.49. The van der Waals surface area contributed by atoms with Crippen LogP contribution >= 0.6 is 23.2 Å². The molecule has 0 aromatic heterocycles. The van der Waals surface area contributed by atoms with Crippen molar-refractivity contribution >= 4 is 50.7 Å². The lowest BCUT2D eigenvalue weighted by atomic mass is 10.1. The number of carbonyl (C=O) groups is 2. The van der Waals surface area contributed by atoms with Crippen LogP contribution in [0, 0.1) is 6.92 Å². The number of aryl methyl sites for hydroxylation is 1. The van der Waals surface area contributed by atoms with Crippen LogP contribution in [0.15, 0.2) is 42.5 Å².